The molecule has 1 saturated heterocycles. The summed E-state index contributed by atoms with van der Waals surface area (Å²) in [6.07, 6.45) is 0. The van der Waals surface area contributed by atoms with Gasteiger partial charge in [-0.3, -0.25) is 14.6 Å². The Morgan fingerprint density at radius 3 is 2.05 bits per heavy atom. The molecule has 0 bridgehead atoms. The van der Waals surface area contributed by atoms with Crippen LogP contribution in [0.5, 0.6) is 0 Å². The van der Waals surface area contributed by atoms with Crippen molar-refractivity contribution in [2.45, 2.75) is 52.2 Å². The third kappa shape index (κ3) is 5.09. The van der Waals surface area contributed by atoms with Crippen LogP contribution in [0.2, 0.25) is 0 Å². The zero-order chi connectivity index (χ0) is 14.6. The van der Waals surface area contributed by atoms with Gasteiger partial charge in [0.15, 0.2) is 0 Å². The number of rotatable bonds is 4. The monoisotopic (exact) mass is 270 g/mol. The zero-order valence-electron chi connectivity index (χ0n) is 13.1. The molecule has 1 aliphatic heterocycles. The number of nitrogens with zero attached hydrogens (tertiary/aromatic N) is 2. The molecule has 1 rings (SSSR count). The van der Waals surface area contributed by atoms with Crippen molar-refractivity contribution in [3.05, 3.63) is 0 Å². The van der Waals surface area contributed by atoms with Crippen molar-refractivity contribution < 1.29 is 4.79 Å². The highest BCUT2D eigenvalue weighted by atomic mass is 16.2. The van der Waals surface area contributed by atoms with Crippen molar-refractivity contribution in [1.82, 2.24) is 15.1 Å². The summed E-state index contributed by atoms with van der Waals surface area (Å²) < 4.78 is 0. The minimum absolute atomic E-state index is 0.0606. The van der Waals surface area contributed by atoms with E-state index < -0.39 is 0 Å². The van der Waals surface area contributed by atoms with Crippen molar-refractivity contribution in [3.8, 4) is 0 Å². The van der Waals surface area contributed by atoms with Crippen LogP contribution in [-0.4, -0.2) is 66.1 Å². The fourth-order valence-electron chi connectivity index (χ4n) is 2.35. The number of hydrogen-bond donors (Lipinski definition) is 2. The molecule has 1 amide bonds. The van der Waals surface area contributed by atoms with E-state index in [0.717, 1.165) is 26.2 Å². The molecule has 0 spiro atoms. The molecular formula is C14H30N4O. The first-order valence-electron chi connectivity index (χ1n) is 7.25. The van der Waals surface area contributed by atoms with Crippen LogP contribution in [0.3, 0.4) is 0 Å². The Morgan fingerprint density at radius 1 is 1.16 bits per heavy atom. The molecular weight excluding hydrogens is 240 g/mol. The van der Waals surface area contributed by atoms with Crippen LogP contribution in [0.1, 0.15) is 34.6 Å². The second-order valence-electron chi connectivity index (χ2n) is 6.57. The second-order valence-corrected chi connectivity index (χ2v) is 6.57. The van der Waals surface area contributed by atoms with Crippen LogP contribution in [0.25, 0.3) is 0 Å². The number of nitrogens with two attached hydrogens (primary N) is 1. The highest BCUT2D eigenvalue weighted by molar-refractivity contribution is 5.81. The molecule has 2 atom stereocenters. The van der Waals surface area contributed by atoms with E-state index >= 15 is 0 Å². The molecule has 19 heavy (non-hydrogen) atoms. The van der Waals surface area contributed by atoms with Gasteiger partial charge in [0.05, 0.1) is 6.04 Å². The molecule has 0 aromatic rings. The smallest absolute Gasteiger partial charge is 0.237 e. The van der Waals surface area contributed by atoms with Crippen LogP contribution in [0.15, 0.2) is 0 Å². The lowest BCUT2D eigenvalue weighted by molar-refractivity contribution is -0.128. The predicted molar refractivity (Wildman–Crippen MR) is 79.0 cm³/mol. The molecule has 3 N–H and O–H groups in total. The van der Waals surface area contributed by atoms with Gasteiger partial charge in [-0.05, 0) is 34.6 Å². The summed E-state index contributed by atoms with van der Waals surface area (Å²) in [5.74, 6) is 0.118. The number of amides is 1. The lowest BCUT2D eigenvalue weighted by atomic mass is 10.1. The summed E-state index contributed by atoms with van der Waals surface area (Å²) in [6.45, 7) is 14.7. The average Bonchev–Trinajstić information content (AvgIpc) is 2.35. The minimum atomic E-state index is -0.165. The molecule has 0 saturated carbocycles. The molecule has 0 aliphatic carbocycles. The molecule has 5 nitrogen and oxygen atoms in total. The van der Waals surface area contributed by atoms with Gasteiger partial charge in [0.25, 0.3) is 0 Å². The molecule has 112 valence electrons. The Balaban J connectivity index is 2.44. The second kappa shape index (κ2) is 6.68. The van der Waals surface area contributed by atoms with Crippen molar-refractivity contribution in [1.29, 1.82) is 0 Å². The minimum Gasteiger partial charge on any atom is -0.350 e. The van der Waals surface area contributed by atoms with Gasteiger partial charge >= 0.3 is 0 Å². The van der Waals surface area contributed by atoms with Crippen molar-refractivity contribution in [3.63, 3.8) is 0 Å². The fraction of sp³-hybridized carbons (Fsp3) is 0.929. The van der Waals surface area contributed by atoms with Gasteiger partial charge in [0.1, 0.15) is 0 Å². The Labute approximate surface area is 117 Å². The highest BCUT2D eigenvalue weighted by Gasteiger charge is 2.28. The van der Waals surface area contributed by atoms with E-state index in [-0.39, 0.29) is 17.5 Å². The fourth-order valence-corrected chi connectivity index (χ4v) is 2.35. The molecule has 1 fully saturated rings. The van der Waals surface area contributed by atoms with Crippen LogP contribution in [0, 0.1) is 0 Å². The quantitative estimate of drug-likeness (QED) is 0.769. The average molecular weight is 270 g/mol. The third-order valence-corrected chi connectivity index (χ3v) is 3.74. The van der Waals surface area contributed by atoms with Gasteiger partial charge in [0.2, 0.25) is 5.91 Å². The van der Waals surface area contributed by atoms with Gasteiger partial charge < -0.3 is 11.1 Å². The number of carbonyl (C=O) groups excluding carboxylic acids is 1. The highest BCUT2D eigenvalue weighted by Crippen LogP contribution is 2.10. The van der Waals surface area contributed by atoms with Gasteiger partial charge in [-0.2, -0.15) is 0 Å². The number of hydrogen-bond acceptors (Lipinski definition) is 4. The SMILES string of the molecule is CC(CN)N1CCN(C(C)C(=O)NC(C)(C)C)CC1. The lowest BCUT2D eigenvalue weighted by Gasteiger charge is -2.40. The third-order valence-electron chi connectivity index (χ3n) is 3.74. The predicted octanol–water partition coefficient (Wildman–Crippen LogP) is 0.254. The van der Waals surface area contributed by atoms with Gasteiger partial charge in [0, 0.05) is 44.3 Å². The standard InChI is InChI=1S/C14H30N4O/c1-11(10-15)17-6-8-18(9-7-17)12(2)13(19)16-14(3,4)5/h11-12H,6-10,15H2,1-5H3,(H,16,19). The molecule has 1 heterocycles. The van der Waals surface area contributed by atoms with Gasteiger partial charge in [-0.1, -0.05) is 0 Å². The van der Waals surface area contributed by atoms with Crippen LogP contribution in [0.4, 0.5) is 0 Å². The number of carbonyl (C=O) groups is 1. The maximum atomic E-state index is 12.1. The molecule has 2 unspecified atom stereocenters. The molecule has 0 aromatic carbocycles. The summed E-state index contributed by atoms with van der Waals surface area (Å²) in [5, 5.41) is 3.05. The first-order chi connectivity index (χ1) is 8.74. The van der Waals surface area contributed by atoms with Gasteiger partial charge in [-0.25, -0.2) is 0 Å². The summed E-state index contributed by atoms with van der Waals surface area (Å²) in [6, 6.07) is 0.371. The summed E-state index contributed by atoms with van der Waals surface area (Å²) in [5.41, 5.74) is 5.53. The molecule has 0 radical (unpaired) electrons. The van der Waals surface area contributed by atoms with Crippen molar-refractivity contribution in [2.24, 2.45) is 5.73 Å². The first-order valence-corrected chi connectivity index (χ1v) is 7.25. The van der Waals surface area contributed by atoms with E-state index in [1.54, 1.807) is 0 Å². The van der Waals surface area contributed by atoms with E-state index in [0.29, 0.717) is 12.6 Å². The van der Waals surface area contributed by atoms with E-state index in [2.05, 4.69) is 22.0 Å². The zero-order valence-corrected chi connectivity index (χ0v) is 13.1. The molecule has 0 aromatic heterocycles. The van der Waals surface area contributed by atoms with Crippen molar-refractivity contribution in [2.75, 3.05) is 32.7 Å². The van der Waals surface area contributed by atoms with Crippen LogP contribution < -0.4 is 11.1 Å². The first kappa shape index (κ1) is 16.4. The Kier molecular flexibility index (Phi) is 5.77. The molecule has 1 aliphatic rings. The maximum Gasteiger partial charge on any atom is 0.237 e. The summed E-state index contributed by atoms with van der Waals surface area (Å²) in [4.78, 5) is 16.8. The number of piperazine rings is 1. The Bertz CT molecular complexity index is 292. The van der Waals surface area contributed by atoms with Crippen LogP contribution in [-0.2, 0) is 4.79 Å². The van der Waals surface area contributed by atoms with E-state index in [1.807, 2.05) is 27.7 Å². The van der Waals surface area contributed by atoms with Gasteiger partial charge in [-0.15, -0.1) is 0 Å². The maximum absolute atomic E-state index is 12.1. The normalized spacial score (nSPS) is 22.0. The summed E-state index contributed by atoms with van der Waals surface area (Å²) in [7, 11) is 0. The topological polar surface area (TPSA) is 61.6 Å². The molecule has 5 heteroatoms. The largest absolute Gasteiger partial charge is 0.350 e. The Morgan fingerprint density at radius 2 is 1.63 bits per heavy atom. The van der Waals surface area contributed by atoms with E-state index in [4.69, 9.17) is 5.73 Å². The van der Waals surface area contributed by atoms with E-state index in [9.17, 15) is 4.79 Å². The van der Waals surface area contributed by atoms with Crippen molar-refractivity contribution >= 4 is 5.91 Å². The number of nitrogens with one attached hydrogen (secondary N) is 1. The summed E-state index contributed by atoms with van der Waals surface area (Å²) >= 11 is 0. The van der Waals surface area contributed by atoms with E-state index in [1.165, 1.54) is 0 Å². The lowest BCUT2D eigenvalue weighted by Crippen LogP contribution is -2.57. The van der Waals surface area contributed by atoms with Crippen LogP contribution >= 0.6 is 0 Å². The Hall–Kier alpha value is -0.650.